The number of imidazole rings is 1. The number of anilines is 1. The van der Waals surface area contributed by atoms with Crippen LogP contribution in [-0.2, 0) is 16.0 Å². The summed E-state index contributed by atoms with van der Waals surface area (Å²) in [6.07, 6.45) is 8.87. The van der Waals surface area contributed by atoms with Crippen LogP contribution in [0.5, 0.6) is 5.75 Å². The quantitative estimate of drug-likeness (QED) is 0.301. The van der Waals surface area contributed by atoms with Gasteiger partial charge in [0.25, 0.3) is 0 Å². The molecular formula is C30H35ClN4O3. The summed E-state index contributed by atoms with van der Waals surface area (Å²) in [5.74, 6) is 1.17. The molecular weight excluding hydrogens is 500 g/mol. The molecule has 1 aliphatic carbocycles. The number of carbonyl (C=O) groups excluding carboxylic acids is 1. The minimum Gasteiger partial charge on any atom is -0.495 e. The average Bonchev–Trinajstić information content (AvgIpc) is 3.57. The SMILES string of the molecule is COc1cc(/C=C(\CCCCl)C(=O)NC2CCc3c2cccc3N2CCOCC2)ccc1-n1cnc(C)c1. The number of nitrogens with zero attached hydrogens (tertiary/aromatic N) is 3. The number of alkyl halides is 1. The molecule has 3 aromatic rings. The Morgan fingerprint density at radius 1 is 1.24 bits per heavy atom. The van der Waals surface area contributed by atoms with E-state index in [-0.39, 0.29) is 11.9 Å². The van der Waals surface area contributed by atoms with E-state index in [1.54, 1.807) is 13.4 Å². The van der Waals surface area contributed by atoms with Gasteiger partial charge in [-0.1, -0.05) is 18.2 Å². The molecule has 1 aromatic heterocycles. The first kappa shape index (κ1) is 26.3. The van der Waals surface area contributed by atoms with Gasteiger partial charge in [-0.25, -0.2) is 4.98 Å². The normalized spacial score (nSPS) is 17.4. The number of hydrogen-bond donors (Lipinski definition) is 1. The van der Waals surface area contributed by atoms with Gasteiger partial charge in [0.05, 0.1) is 44.1 Å². The molecule has 2 aliphatic rings. The molecule has 0 saturated carbocycles. The van der Waals surface area contributed by atoms with E-state index in [0.717, 1.165) is 68.1 Å². The first-order chi connectivity index (χ1) is 18.6. The number of rotatable bonds is 9. The summed E-state index contributed by atoms with van der Waals surface area (Å²) < 4.78 is 13.1. The standard InChI is InChI=1S/C30H35ClN4O3/c1-21-19-35(20-32-21)28-11-8-22(18-29(28)37-2)17-23(5-4-12-31)30(36)33-26-10-9-25-24(26)6-3-7-27(25)34-13-15-38-16-14-34/h3,6-8,11,17-20,26H,4-5,9-10,12-16H2,1-2H3,(H,33,36)/b23-17+. The van der Waals surface area contributed by atoms with Crippen LogP contribution >= 0.6 is 11.6 Å². The Bertz CT molecular complexity index is 1310. The molecule has 1 atom stereocenters. The predicted molar refractivity (Wildman–Crippen MR) is 151 cm³/mol. The van der Waals surface area contributed by atoms with Gasteiger partial charge in [0.15, 0.2) is 0 Å². The van der Waals surface area contributed by atoms with E-state index >= 15 is 0 Å². The Morgan fingerprint density at radius 2 is 2.08 bits per heavy atom. The van der Waals surface area contributed by atoms with Gasteiger partial charge < -0.3 is 24.3 Å². The average molecular weight is 535 g/mol. The highest BCUT2D eigenvalue weighted by Gasteiger charge is 2.28. The summed E-state index contributed by atoms with van der Waals surface area (Å²) in [6, 6.07) is 12.4. The molecule has 5 rings (SSSR count). The maximum Gasteiger partial charge on any atom is 0.247 e. The lowest BCUT2D eigenvalue weighted by Crippen LogP contribution is -2.36. The lowest BCUT2D eigenvalue weighted by molar-refractivity contribution is -0.118. The molecule has 0 spiro atoms. The van der Waals surface area contributed by atoms with Crippen LogP contribution in [0.25, 0.3) is 11.8 Å². The summed E-state index contributed by atoms with van der Waals surface area (Å²) in [4.78, 5) is 20.3. The number of amides is 1. The van der Waals surface area contributed by atoms with Crippen molar-refractivity contribution in [1.29, 1.82) is 0 Å². The summed E-state index contributed by atoms with van der Waals surface area (Å²) in [5, 5.41) is 3.33. The van der Waals surface area contributed by atoms with Crippen molar-refractivity contribution in [2.45, 2.75) is 38.6 Å². The van der Waals surface area contributed by atoms with E-state index in [1.807, 2.05) is 42.0 Å². The van der Waals surface area contributed by atoms with Crippen LogP contribution in [0.2, 0.25) is 0 Å². The summed E-state index contributed by atoms with van der Waals surface area (Å²) in [7, 11) is 1.65. The zero-order valence-electron chi connectivity index (χ0n) is 22.1. The minimum absolute atomic E-state index is 0.000662. The molecule has 0 radical (unpaired) electrons. The molecule has 38 heavy (non-hydrogen) atoms. The monoisotopic (exact) mass is 534 g/mol. The summed E-state index contributed by atoms with van der Waals surface area (Å²) >= 11 is 6.02. The van der Waals surface area contributed by atoms with Gasteiger partial charge >= 0.3 is 0 Å². The van der Waals surface area contributed by atoms with E-state index in [9.17, 15) is 4.79 Å². The second-order valence-electron chi connectivity index (χ2n) is 9.82. The number of ether oxygens (including phenoxy) is 2. The third-order valence-electron chi connectivity index (χ3n) is 7.31. The van der Waals surface area contributed by atoms with Gasteiger partial charge in [-0.2, -0.15) is 0 Å². The third-order valence-corrected chi connectivity index (χ3v) is 7.58. The number of methoxy groups -OCH3 is 1. The topological polar surface area (TPSA) is 68.6 Å². The smallest absolute Gasteiger partial charge is 0.247 e. The maximum atomic E-state index is 13.6. The fourth-order valence-corrected chi connectivity index (χ4v) is 5.53. The maximum absolute atomic E-state index is 13.6. The number of carbonyl (C=O) groups is 1. The van der Waals surface area contributed by atoms with Crippen LogP contribution in [0, 0.1) is 6.92 Å². The Balaban J connectivity index is 1.37. The van der Waals surface area contributed by atoms with E-state index in [0.29, 0.717) is 18.1 Å². The fourth-order valence-electron chi connectivity index (χ4n) is 5.40. The van der Waals surface area contributed by atoms with Crippen molar-refractivity contribution in [2.24, 2.45) is 0 Å². The molecule has 8 heteroatoms. The Hall–Kier alpha value is -3.29. The van der Waals surface area contributed by atoms with Crippen molar-refractivity contribution < 1.29 is 14.3 Å². The lowest BCUT2D eigenvalue weighted by atomic mass is 10.0. The van der Waals surface area contributed by atoms with E-state index in [4.69, 9.17) is 21.1 Å². The zero-order chi connectivity index (χ0) is 26.5. The van der Waals surface area contributed by atoms with E-state index in [1.165, 1.54) is 16.8 Å². The molecule has 2 aromatic carbocycles. The molecule has 1 saturated heterocycles. The lowest BCUT2D eigenvalue weighted by Gasteiger charge is -2.30. The number of nitrogens with one attached hydrogen (secondary N) is 1. The zero-order valence-corrected chi connectivity index (χ0v) is 22.8. The number of aromatic nitrogens is 2. The Morgan fingerprint density at radius 3 is 2.82 bits per heavy atom. The molecule has 1 fully saturated rings. The van der Waals surface area contributed by atoms with Crippen molar-refractivity contribution in [3.63, 3.8) is 0 Å². The van der Waals surface area contributed by atoms with Crippen molar-refractivity contribution in [1.82, 2.24) is 14.9 Å². The number of hydrogen-bond acceptors (Lipinski definition) is 5. The van der Waals surface area contributed by atoms with Gasteiger partial charge in [0.1, 0.15) is 5.75 Å². The molecule has 1 N–H and O–H groups in total. The highest BCUT2D eigenvalue weighted by Crippen LogP contribution is 2.38. The first-order valence-electron chi connectivity index (χ1n) is 13.3. The molecule has 200 valence electrons. The first-order valence-corrected chi connectivity index (χ1v) is 13.8. The van der Waals surface area contributed by atoms with Crippen LogP contribution in [0.3, 0.4) is 0 Å². The van der Waals surface area contributed by atoms with E-state index in [2.05, 4.69) is 33.4 Å². The van der Waals surface area contributed by atoms with Crippen LogP contribution in [0.1, 0.15) is 47.7 Å². The number of benzene rings is 2. The summed E-state index contributed by atoms with van der Waals surface area (Å²) in [6.45, 7) is 5.27. The summed E-state index contributed by atoms with van der Waals surface area (Å²) in [5.41, 5.74) is 7.31. The third kappa shape index (κ3) is 5.74. The Kier molecular flexibility index (Phi) is 8.35. The second kappa shape index (κ2) is 12.0. The molecule has 1 unspecified atom stereocenters. The molecule has 1 aliphatic heterocycles. The molecule has 7 nitrogen and oxygen atoms in total. The largest absolute Gasteiger partial charge is 0.495 e. The van der Waals surface area contributed by atoms with E-state index < -0.39 is 0 Å². The second-order valence-corrected chi connectivity index (χ2v) is 10.2. The predicted octanol–water partition coefficient (Wildman–Crippen LogP) is 5.23. The number of morpholine rings is 1. The van der Waals surface area contributed by atoms with Gasteiger partial charge in [0, 0.05) is 36.4 Å². The Labute approximate surface area is 229 Å². The van der Waals surface area contributed by atoms with Crippen LogP contribution in [-0.4, -0.2) is 54.8 Å². The van der Waals surface area contributed by atoms with Gasteiger partial charge in [-0.05, 0) is 73.6 Å². The van der Waals surface area contributed by atoms with Crippen molar-refractivity contribution in [3.05, 3.63) is 76.9 Å². The number of aryl methyl sites for hydroxylation is 1. The fraction of sp³-hybridized carbons (Fsp3) is 0.400. The van der Waals surface area contributed by atoms with Crippen molar-refractivity contribution in [3.8, 4) is 11.4 Å². The van der Waals surface area contributed by atoms with Gasteiger partial charge in [-0.15, -0.1) is 11.6 Å². The molecule has 2 heterocycles. The van der Waals surface area contributed by atoms with Crippen molar-refractivity contribution >= 4 is 29.3 Å². The molecule has 0 bridgehead atoms. The van der Waals surface area contributed by atoms with Gasteiger partial charge in [0.2, 0.25) is 5.91 Å². The number of halogens is 1. The highest BCUT2D eigenvalue weighted by molar-refractivity contribution is 6.17. The van der Waals surface area contributed by atoms with Gasteiger partial charge in [-0.3, -0.25) is 4.79 Å². The van der Waals surface area contributed by atoms with Crippen LogP contribution in [0.4, 0.5) is 5.69 Å². The highest BCUT2D eigenvalue weighted by atomic mass is 35.5. The minimum atomic E-state index is -0.0435. The molecule has 1 amide bonds. The number of fused-ring (bicyclic) bond motifs is 1. The van der Waals surface area contributed by atoms with Crippen LogP contribution < -0.4 is 15.0 Å². The van der Waals surface area contributed by atoms with Crippen molar-refractivity contribution in [2.75, 3.05) is 44.2 Å². The van der Waals surface area contributed by atoms with Crippen LogP contribution in [0.15, 0.2) is 54.5 Å².